The van der Waals surface area contributed by atoms with Crippen LogP contribution in [0.2, 0.25) is 0 Å². The molecule has 0 amide bonds. The predicted molar refractivity (Wildman–Crippen MR) is 82.5 cm³/mol. The number of methoxy groups -OCH3 is 1. The number of halogens is 1. The molecule has 1 atom stereocenters. The van der Waals surface area contributed by atoms with E-state index in [9.17, 15) is 9.90 Å². The smallest absolute Gasteiger partial charge is 0.306 e. The van der Waals surface area contributed by atoms with E-state index < -0.39 is 11.9 Å². The van der Waals surface area contributed by atoms with Crippen LogP contribution in [0.3, 0.4) is 0 Å². The van der Waals surface area contributed by atoms with E-state index in [0.29, 0.717) is 6.42 Å². The summed E-state index contributed by atoms with van der Waals surface area (Å²) in [5.74, 6) is -0.348. The predicted octanol–water partition coefficient (Wildman–Crippen LogP) is 3.99. The maximum Gasteiger partial charge on any atom is 0.306 e. The monoisotopic (exact) mass is 340 g/mol. The van der Waals surface area contributed by atoms with Crippen molar-refractivity contribution in [3.05, 3.63) is 27.2 Å². The molecule has 0 spiro atoms. The second-order valence-electron chi connectivity index (χ2n) is 5.51. The lowest BCUT2D eigenvalue weighted by molar-refractivity contribution is -0.141. The molecule has 0 aromatic heterocycles. The molecule has 1 aliphatic rings. The third-order valence-corrected chi connectivity index (χ3v) is 4.64. The Bertz CT molecular complexity index is 511. The molecule has 0 fully saturated rings. The lowest BCUT2D eigenvalue weighted by atomic mass is 9.90. The van der Waals surface area contributed by atoms with E-state index in [1.165, 1.54) is 30.4 Å². The van der Waals surface area contributed by atoms with Crippen molar-refractivity contribution in [2.75, 3.05) is 7.11 Å². The number of carbonyl (C=O) groups is 1. The molecular weight excluding hydrogens is 320 g/mol. The first kappa shape index (κ1) is 15.4. The number of ether oxygens (including phenoxy) is 1. The summed E-state index contributed by atoms with van der Waals surface area (Å²) < 4.78 is 6.46. The maximum atomic E-state index is 11.2. The van der Waals surface area contributed by atoms with Crippen LogP contribution in [0, 0.1) is 5.92 Å². The normalized spacial score (nSPS) is 16.1. The van der Waals surface area contributed by atoms with Crippen LogP contribution in [0.25, 0.3) is 0 Å². The van der Waals surface area contributed by atoms with Crippen molar-refractivity contribution in [1.29, 1.82) is 0 Å². The third kappa shape index (κ3) is 3.17. The zero-order valence-electron chi connectivity index (χ0n) is 12.0. The van der Waals surface area contributed by atoms with Gasteiger partial charge in [0.05, 0.1) is 17.5 Å². The number of carboxylic acids is 1. The van der Waals surface area contributed by atoms with Crippen LogP contribution in [-0.4, -0.2) is 18.2 Å². The van der Waals surface area contributed by atoms with E-state index in [-0.39, 0.29) is 0 Å². The van der Waals surface area contributed by atoms with Crippen molar-refractivity contribution in [2.45, 2.75) is 45.4 Å². The Hall–Kier alpha value is -1.03. The zero-order chi connectivity index (χ0) is 14.7. The average molecular weight is 341 g/mol. The van der Waals surface area contributed by atoms with Crippen molar-refractivity contribution in [3.8, 4) is 5.75 Å². The number of benzene rings is 1. The lowest BCUT2D eigenvalue weighted by Crippen LogP contribution is -2.15. The molecule has 110 valence electrons. The summed E-state index contributed by atoms with van der Waals surface area (Å²) in [7, 11) is 1.65. The van der Waals surface area contributed by atoms with Crippen LogP contribution >= 0.6 is 15.9 Å². The van der Waals surface area contributed by atoms with E-state index in [0.717, 1.165) is 28.6 Å². The van der Waals surface area contributed by atoms with Crippen molar-refractivity contribution < 1.29 is 14.6 Å². The van der Waals surface area contributed by atoms with Gasteiger partial charge in [-0.3, -0.25) is 4.79 Å². The summed E-state index contributed by atoms with van der Waals surface area (Å²) in [6, 6.07) is 2.15. The van der Waals surface area contributed by atoms with Gasteiger partial charge in [0, 0.05) is 0 Å². The van der Waals surface area contributed by atoms with Crippen molar-refractivity contribution in [1.82, 2.24) is 0 Å². The molecule has 1 aromatic carbocycles. The number of fused-ring (bicyclic) bond motifs is 1. The number of aliphatic carboxylic acids is 1. The lowest BCUT2D eigenvalue weighted by Gasteiger charge is -2.19. The van der Waals surface area contributed by atoms with Crippen LogP contribution in [-0.2, 0) is 24.1 Å². The second-order valence-corrected chi connectivity index (χ2v) is 6.37. The van der Waals surface area contributed by atoms with E-state index in [1.54, 1.807) is 14.0 Å². The summed E-state index contributed by atoms with van der Waals surface area (Å²) in [4.78, 5) is 11.2. The highest BCUT2D eigenvalue weighted by Gasteiger charge is 2.22. The molecule has 4 heteroatoms. The van der Waals surface area contributed by atoms with Gasteiger partial charge in [-0.1, -0.05) is 13.3 Å². The van der Waals surface area contributed by atoms with Crippen LogP contribution in [0.4, 0.5) is 0 Å². The molecule has 0 saturated heterocycles. The van der Waals surface area contributed by atoms with Gasteiger partial charge in [0.1, 0.15) is 5.75 Å². The molecule has 1 unspecified atom stereocenters. The van der Waals surface area contributed by atoms with E-state index in [1.807, 2.05) is 0 Å². The minimum Gasteiger partial charge on any atom is -0.495 e. The van der Waals surface area contributed by atoms with Gasteiger partial charge in [-0.2, -0.15) is 0 Å². The highest BCUT2D eigenvalue weighted by atomic mass is 79.9. The number of carboxylic acid groups (broad SMARTS) is 1. The Labute approximate surface area is 128 Å². The summed E-state index contributed by atoms with van der Waals surface area (Å²) in [6.07, 6.45) is 6.25. The van der Waals surface area contributed by atoms with Crippen molar-refractivity contribution >= 4 is 21.9 Å². The minimum absolute atomic E-state index is 0.398. The Kier molecular flexibility index (Phi) is 5.08. The standard InChI is InChI=1S/C16H21BrO3/c1-10(16(18)19)8-13-12-7-5-3-4-6-11(12)9-14(17)15(13)20-2/h9-10H,3-8H2,1-2H3,(H,18,19). The van der Waals surface area contributed by atoms with E-state index >= 15 is 0 Å². The first-order valence-corrected chi connectivity index (χ1v) is 7.93. The molecule has 0 saturated carbocycles. The van der Waals surface area contributed by atoms with Gasteiger partial charge in [-0.05, 0) is 70.8 Å². The largest absolute Gasteiger partial charge is 0.495 e. The maximum absolute atomic E-state index is 11.2. The summed E-state index contributed by atoms with van der Waals surface area (Å²) in [5.41, 5.74) is 3.74. The molecular formula is C16H21BrO3. The van der Waals surface area contributed by atoms with Crippen LogP contribution in [0.1, 0.15) is 42.9 Å². The van der Waals surface area contributed by atoms with Crippen molar-refractivity contribution in [2.24, 2.45) is 5.92 Å². The van der Waals surface area contributed by atoms with Crippen LogP contribution in [0.5, 0.6) is 5.75 Å². The zero-order valence-corrected chi connectivity index (χ0v) is 13.6. The molecule has 2 rings (SSSR count). The minimum atomic E-state index is -0.755. The second kappa shape index (κ2) is 6.61. The van der Waals surface area contributed by atoms with E-state index in [4.69, 9.17) is 4.74 Å². The van der Waals surface area contributed by atoms with Gasteiger partial charge in [0.25, 0.3) is 0 Å². The number of rotatable bonds is 4. The Morgan fingerprint density at radius 2 is 2.10 bits per heavy atom. The highest BCUT2D eigenvalue weighted by Crippen LogP contribution is 2.38. The Balaban J connectivity index is 2.49. The molecule has 1 aliphatic carbocycles. The van der Waals surface area contributed by atoms with Gasteiger partial charge in [0.15, 0.2) is 0 Å². The quantitative estimate of drug-likeness (QED) is 0.843. The molecule has 20 heavy (non-hydrogen) atoms. The Morgan fingerprint density at radius 3 is 2.75 bits per heavy atom. The van der Waals surface area contributed by atoms with Gasteiger partial charge < -0.3 is 9.84 Å². The molecule has 0 bridgehead atoms. The van der Waals surface area contributed by atoms with Crippen LogP contribution in [0.15, 0.2) is 10.5 Å². The van der Waals surface area contributed by atoms with Gasteiger partial charge in [-0.15, -0.1) is 0 Å². The molecule has 3 nitrogen and oxygen atoms in total. The topological polar surface area (TPSA) is 46.5 Å². The number of hydrogen-bond donors (Lipinski definition) is 1. The third-order valence-electron chi connectivity index (χ3n) is 4.05. The number of aryl methyl sites for hydroxylation is 1. The van der Waals surface area contributed by atoms with Gasteiger partial charge >= 0.3 is 5.97 Å². The molecule has 1 N–H and O–H groups in total. The first-order chi connectivity index (χ1) is 9.54. The van der Waals surface area contributed by atoms with Crippen molar-refractivity contribution in [3.63, 3.8) is 0 Å². The Morgan fingerprint density at radius 1 is 1.40 bits per heavy atom. The first-order valence-electron chi connectivity index (χ1n) is 7.14. The summed E-state index contributed by atoms with van der Waals surface area (Å²) in [6.45, 7) is 1.76. The number of hydrogen-bond acceptors (Lipinski definition) is 2. The van der Waals surface area contributed by atoms with Gasteiger partial charge in [-0.25, -0.2) is 0 Å². The fraction of sp³-hybridized carbons (Fsp3) is 0.562. The molecule has 0 heterocycles. The van der Waals surface area contributed by atoms with Crippen LogP contribution < -0.4 is 4.74 Å². The molecule has 1 aromatic rings. The van der Waals surface area contributed by atoms with E-state index in [2.05, 4.69) is 22.0 Å². The highest BCUT2D eigenvalue weighted by molar-refractivity contribution is 9.10. The summed E-state index contributed by atoms with van der Waals surface area (Å²) >= 11 is 3.57. The fourth-order valence-corrected chi connectivity index (χ4v) is 3.62. The SMILES string of the molecule is COc1c(Br)cc2c(c1CC(C)C(=O)O)CCCCC2. The average Bonchev–Trinajstić information content (AvgIpc) is 2.63. The summed E-state index contributed by atoms with van der Waals surface area (Å²) in [5, 5.41) is 9.18. The fourth-order valence-electron chi connectivity index (χ4n) is 2.94. The molecule has 0 aliphatic heterocycles. The molecule has 0 radical (unpaired) electrons. The van der Waals surface area contributed by atoms with Gasteiger partial charge in [0.2, 0.25) is 0 Å².